The molecule has 11 heavy (non-hydrogen) atoms. The molecule has 1 aliphatic heterocycles. The zero-order valence-electron chi connectivity index (χ0n) is 7.64. The summed E-state index contributed by atoms with van der Waals surface area (Å²) in [5.74, 6) is 0. The Morgan fingerprint density at radius 2 is 2.27 bits per heavy atom. The lowest BCUT2D eigenvalue weighted by atomic mass is 9.99. The van der Waals surface area contributed by atoms with Crippen LogP contribution in [0.2, 0.25) is 0 Å². The lowest BCUT2D eigenvalue weighted by Crippen LogP contribution is -2.39. The van der Waals surface area contributed by atoms with Gasteiger partial charge in [0.25, 0.3) is 0 Å². The molecule has 2 atom stereocenters. The first kappa shape index (κ1) is 8.79. The summed E-state index contributed by atoms with van der Waals surface area (Å²) in [4.78, 5) is 0. The first-order valence-electron chi connectivity index (χ1n) is 4.75. The second-order valence-electron chi connectivity index (χ2n) is 3.44. The normalized spacial score (nSPS) is 32.9. The molecule has 0 amide bonds. The third kappa shape index (κ3) is 3.06. The molecule has 0 bridgehead atoms. The Morgan fingerprint density at radius 1 is 1.45 bits per heavy atom. The van der Waals surface area contributed by atoms with Gasteiger partial charge in [-0.15, -0.1) is 0 Å². The van der Waals surface area contributed by atoms with E-state index in [2.05, 4.69) is 31.3 Å². The van der Waals surface area contributed by atoms with Gasteiger partial charge in [0.15, 0.2) is 0 Å². The summed E-state index contributed by atoms with van der Waals surface area (Å²) >= 11 is 0. The maximum atomic E-state index is 3.56. The molecule has 64 valence electrons. The van der Waals surface area contributed by atoms with E-state index in [9.17, 15) is 0 Å². The third-order valence-electron chi connectivity index (χ3n) is 2.25. The monoisotopic (exact) mass is 153 g/mol. The van der Waals surface area contributed by atoms with Gasteiger partial charge in [0, 0.05) is 12.1 Å². The minimum atomic E-state index is 0.652. The maximum Gasteiger partial charge on any atom is 0.0252 e. The zero-order chi connectivity index (χ0) is 8.10. The molecule has 1 N–H and O–H groups in total. The van der Waals surface area contributed by atoms with Crippen LogP contribution < -0.4 is 5.32 Å². The van der Waals surface area contributed by atoms with E-state index in [-0.39, 0.29) is 0 Å². The van der Waals surface area contributed by atoms with Crippen LogP contribution >= 0.6 is 0 Å². The lowest BCUT2D eigenvalue weighted by Gasteiger charge is -2.26. The van der Waals surface area contributed by atoms with Crippen LogP contribution in [0.5, 0.6) is 0 Å². The van der Waals surface area contributed by atoms with Crippen LogP contribution in [-0.4, -0.2) is 12.1 Å². The molecule has 0 spiro atoms. The molecule has 1 fully saturated rings. The molecular formula is C10H19N. The SMILES string of the molecule is CCC=C[C@@H]1CCC[C@@H](C)N1. The summed E-state index contributed by atoms with van der Waals surface area (Å²) in [6, 6.07) is 1.37. The average molecular weight is 153 g/mol. The van der Waals surface area contributed by atoms with E-state index >= 15 is 0 Å². The second kappa shape index (κ2) is 4.55. The highest BCUT2D eigenvalue weighted by molar-refractivity contribution is 4.95. The number of piperidine rings is 1. The summed E-state index contributed by atoms with van der Waals surface area (Å²) in [6.45, 7) is 4.45. The van der Waals surface area contributed by atoms with Gasteiger partial charge in [-0.25, -0.2) is 0 Å². The van der Waals surface area contributed by atoms with Gasteiger partial charge in [-0.1, -0.05) is 25.5 Å². The van der Waals surface area contributed by atoms with Gasteiger partial charge in [0.05, 0.1) is 0 Å². The molecule has 1 heteroatoms. The van der Waals surface area contributed by atoms with Gasteiger partial charge < -0.3 is 5.32 Å². The van der Waals surface area contributed by atoms with Crippen molar-refractivity contribution in [3.05, 3.63) is 12.2 Å². The van der Waals surface area contributed by atoms with E-state index in [4.69, 9.17) is 0 Å². The fourth-order valence-electron chi connectivity index (χ4n) is 1.63. The van der Waals surface area contributed by atoms with Gasteiger partial charge in [-0.3, -0.25) is 0 Å². The van der Waals surface area contributed by atoms with Gasteiger partial charge in [0.1, 0.15) is 0 Å². The summed E-state index contributed by atoms with van der Waals surface area (Å²) in [5.41, 5.74) is 0. The van der Waals surface area contributed by atoms with Crippen LogP contribution in [0.1, 0.15) is 39.5 Å². The molecule has 0 unspecified atom stereocenters. The van der Waals surface area contributed by atoms with Crippen molar-refractivity contribution in [2.45, 2.75) is 51.6 Å². The Morgan fingerprint density at radius 3 is 2.91 bits per heavy atom. The molecule has 0 aromatic rings. The molecule has 1 heterocycles. The smallest absolute Gasteiger partial charge is 0.0252 e. The number of rotatable bonds is 2. The first-order chi connectivity index (χ1) is 5.33. The minimum absolute atomic E-state index is 0.652. The van der Waals surface area contributed by atoms with Crippen molar-refractivity contribution in [1.29, 1.82) is 0 Å². The quantitative estimate of drug-likeness (QED) is 0.601. The predicted octanol–water partition coefficient (Wildman–Crippen LogP) is 2.48. The van der Waals surface area contributed by atoms with Crippen molar-refractivity contribution in [1.82, 2.24) is 5.32 Å². The summed E-state index contributed by atoms with van der Waals surface area (Å²) < 4.78 is 0. The highest BCUT2D eigenvalue weighted by atomic mass is 14.9. The second-order valence-corrected chi connectivity index (χ2v) is 3.44. The molecule has 0 saturated carbocycles. The Kier molecular flexibility index (Phi) is 3.64. The largest absolute Gasteiger partial charge is 0.308 e. The van der Waals surface area contributed by atoms with Crippen LogP contribution in [0.4, 0.5) is 0 Å². The molecule has 0 aromatic carbocycles. The van der Waals surface area contributed by atoms with Crippen LogP contribution in [-0.2, 0) is 0 Å². The van der Waals surface area contributed by atoms with E-state index in [1.807, 2.05) is 0 Å². The molecule has 1 aliphatic rings. The molecule has 0 radical (unpaired) electrons. The van der Waals surface area contributed by atoms with E-state index in [1.54, 1.807) is 0 Å². The van der Waals surface area contributed by atoms with Crippen LogP contribution in [0, 0.1) is 0 Å². The van der Waals surface area contributed by atoms with E-state index in [0.717, 1.165) is 12.5 Å². The maximum absolute atomic E-state index is 3.56. The van der Waals surface area contributed by atoms with Crippen LogP contribution in [0.3, 0.4) is 0 Å². The molecule has 1 saturated heterocycles. The minimum Gasteiger partial charge on any atom is -0.308 e. The van der Waals surface area contributed by atoms with Crippen molar-refractivity contribution >= 4 is 0 Å². The number of hydrogen-bond donors (Lipinski definition) is 1. The van der Waals surface area contributed by atoms with Crippen molar-refractivity contribution < 1.29 is 0 Å². The summed E-state index contributed by atoms with van der Waals surface area (Å²) in [6.07, 6.45) is 9.78. The highest BCUT2D eigenvalue weighted by Gasteiger charge is 2.14. The number of allylic oxidation sites excluding steroid dienone is 1. The van der Waals surface area contributed by atoms with Gasteiger partial charge in [-0.05, 0) is 26.2 Å². The fourth-order valence-corrected chi connectivity index (χ4v) is 1.63. The van der Waals surface area contributed by atoms with Crippen molar-refractivity contribution in [2.75, 3.05) is 0 Å². The predicted molar refractivity (Wildman–Crippen MR) is 49.7 cm³/mol. The molecule has 1 nitrogen and oxygen atoms in total. The summed E-state index contributed by atoms with van der Waals surface area (Å²) in [7, 11) is 0. The van der Waals surface area contributed by atoms with Gasteiger partial charge >= 0.3 is 0 Å². The Balaban J connectivity index is 2.28. The van der Waals surface area contributed by atoms with Crippen LogP contribution in [0.15, 0.2) is 12.2 Å². The number of hydrogen-bond acceptors (Lipinski definition) is 1. The van der Waals surface area contributed by atoms with Crippen molar-refractivity contribution in [2.24, 2.45) is 0 Å². The third-order valence-corrected chi connectivity index (χ3v) is 2.25. The van der Waals surface area contributed by atoms with E-state index in [1.165, 1.54) is 19.3 Å². The van der Waals surface area contributed by atoms with Crippen molar-refractivity contribution in [3.8, 4) is 0 Å². The fraction of sp³-hybridized carbons (Fsp3) is 0.800. The highest BCUT2D eigenvalue weighted by Crippen LogP contribution is 2.12. The summed E-state index contributed by atoms with van der Waals surface area (Å²) in [5, 5.41) is 3.56. The van der Waals surface area contributed by atoms with E-state index < -0.39 is 0 Å². The molecular weight excluding hydrogens is 134 g/mol. The number of nitrogens with one attached hydrogen (secondary N) is 1. The first-order valence-corrected chi connectivity index (χ1v) is 4.75. The van der Waals surface area contributed by atoms with Gasteiger partial charge in [0.2, 0.25) is 0 Å². The molecule has 0 aliphatic carbocycles. The standard InChI is InChI=1S/C10H19N/c1-3-4-7-10-8-5-6-9(2)11-10/h4,7,9-11H,3,5-6,8H2,1-2H3/t9-,10-/m1/s1. The topological polar surface area (TPSA) is 12.0 Å². The molecule has 1 rings (SSSR count). The van der Waals surface area contributed by atoms with Crippen molar-refractivity contribution in [3.63, 3.8) is 0 Å². The van der Waals surface area contributed by atoms with E-state index in [0.29, 0.717) is 6.04 Å². The Hall–Kier alpha value is -0.300. The lowest BCUT2D eigenvalue weighted by molar-refractivity contribution is 0.374. The van der Waals surface area contributed by atoms with Gasteiger partial charge in [-0.2, -0.15) is 0 Å². The molecule has 0 aromatic heterocycles. The Bertz CT molecular complexity index is 129. The van der Waals surface area contributed by atoms with Crippen LogP contribution in [0.25, 0.3) is 0 Å². The average Bonchev–Trinajstić information content (AvgIpc) is 2.01. The Labute approximate surface area is 69.9 Å². The zero-order valence-corrected chi connectivity index (χ0v) is 7.64.